The number of nitrogens with zero attached hydrogens (tertiary/aromatic N) is 1. The second kappa shape index (κ2) is 5.25. The Balaban J connectivity index is 2.07. The molecule has 0 saturated heterocycles. The van der Waals surface area contributed by atoms with Crippen LogP contribution in [-0.4, -0.2) is 16.9 Å². The van der Waals surface area contributed by atoms with E-state index in [2.05, 4.69) is 26.2 Å². The fraction of sp³-hybridized carbons (Fsp3) is 0.545. The fourth-order valence-electron chi connectivity index (χ4n) is 1.86. The van der Waals surface area contributed by atoms with Crippen molar-refractivity contribution < 1.29 is 13.2 Å². The highest BCUT2D eigenvalue weighted by molar-refractivity contribution is 9.10. The molecular formula is C11H11BrClF3N2. The van der Waals surface area contributed by atoms with Crippen LogP contribution in [0.3, 0.4) is 0 Å². The zero-order chi connectivity index (χ0) is 13.3. The molecular weight excluding hydrogens is 332 g/mol. The monoisotopic (exact) mass is 342 g/mol. The number of halogens is 5. The van der Waals surface area contributed by atoms with E-state index in [1.165, 1.54) is 6.20 Å². The van der Waals surface area contributed by atoms with Gasteiger partial charge in [-0.3, -0.25) is 0 Å². The fourth-order valence-corrected chi connectivity index (χ4v) is 2.69. The lowest BCUT2D eigenvalue weighted by atomic mass is 9.85. The average molecular weight is 344 g/mol. The number of pyridine rings is 1. The molecule has 1 aliphatic carbocycles. The molecule has 1 aliphatic rings. The normalized spacial score (nSPS) is 23.6. The zero-order valence-electron chi connectivity index (χ0n) is 9.27. The van der Waals surface area contributed by atoms with Crippen molar-refractivity contribution in [2.24, 2.45) is 5.92 Å². The van der Waals surface area contributed by atoms with E-state index in [9.17, 15) is 13.2 Å². The van der Waals surface area contributed by atoms with Gasteiger partial charge in [-0.25, -0.2) is 4.98 Å². The van der Waals surface area contributed by atoms with E-state index >= 15 is 0 Å². The van der Waals surface area contributed by atoms with E-state index in [4.69, 9.17) is 11.6 Å². The highest BCUT2D eigenvalue weighted by Gasteiger charge is 2.35. The molecule has 18 heavy (non-hydrogen) atoms. The molecule has 7 heteroatoms. The van der Waals surface area contributed by atoms with Crippen LogP contribution in [0.1, 0.15) is 18.4 Å². The molecule has 0 bridgehead atoms. The summed E-state index contributed by atoms with van der Waals surface area (Å²) >= 11 is 8.81. The molecule has 0 spiro atoms. The minimum Gasteiger partial charge on any atom is -0.369 e. The van der Waals surface area contributed by atoms with Crippen molar-refractivity contribution in [1.82, 2.24) is 4.98 Å². The standard InChI is InChI=1S/C11H11BrClF3N2/c12-7-3-9(11(14,15)16)10(18-5-7)17-4-6-1-8(13)2-6/h3,5-6,8H,1-2,4H2,(H,17,18). The predicted octanol–water partition coefficient (Wildman–Crippen LogP) is 4.29. The van der Waals surface area contributed by atoms with Gasteiger partial charge < -0.3 is 5.32 Å². The molecule has 0 unspecified atom stereocenters. The Labute approximate surface area is 116 Å². The Hall–Kier alpha value is -0.490. The molecule has 2 nitrogen and oxygen atoms in total. The third-order valence-electron chi connectivity index (χ3n) is 2.90. The number of anilines is 1. The summed E-state index contributed by atoms with van der Waals surface area (Å²) in [5.74, 6) is 0.211. The first kappa shape index (κ1) is 13.9. The van der Waals surface area contributed by atoms with Crippen LogP contribution < -0.4 is 5.32 Å². The Morgan fingerprint density at radius 2 is 2.11 bits per heavy atom. The highest BCUT2D eigenvalue weighted by atomic mass is 79.9. The third-order valence-corrected chi connectivity index (χ3v) is 3.69. The van der Waals surface area contributed by atoms with Gasteiger partial charge >= 0.3 is 6.18 Å². The second-order valence-electron chi connectivity index (χ2n) is 4.36. The van der Waals surface area contributed by atoms with Gasteiger partial charge in [-0.2, -0.15) is 13.2 Å². The van der Waals surface area contributed by atoms with Crippen LogP contribution in [0.4, 0.5) is 19.0 Å². The van der Waals surface area contributed by atoms with E-state index < -0.39 is 11.7 Å². The molecule has 0 aromatic carbocycles. The summed E-state index contributed by atoms with van der Waals surface area (Å²) in [4.78, 5) is 3.78. The van der Waals surface area contributed by atoms with Crippen LogP contribution in [0.5, 0.6) is 0 Å². The molecule has 2 rings (SSSR count). The lowest BCUT2D eigenvalue weighted by Crippen LogP contribution is -2.30. The lowest BCUT2D eigenvalue weighted by molar-refractivity contribution is -0.137. The third kappa shape index (κ3) is 3.29. The van der Waals surface area contributed by atoms with Gasteiger partial charge in [0.1, 0.15) is 5.82 Å². The van der Waals surface area contributed by atoms with Crippen LogP contribution in [0.15, 0.2) is 16.7 Å². The Kier molecular flexibility index (Phi) is 4.06. The summed E-state index contributed by atoms with van der Waals surface area (Å²) < 4.78 is 38.7. The molecule has 0 radical (unpaired) electrons. The van der Waals surface area contributed by atoms with Crippen LogP contribution >= 0.6 is 27.5 Å². The number of aromatic nitrogens is 1. The summed E-state index contributed by atoms with van der Waals surface area (Å²) in [6.07, 6.45) is -1.38. The number of hydrogen-bond donors (Lipinski definition) is 1. The summed E-state index contributed by atoms with van der Waals surface area (Å²) in [6.45, 7) is 0.473. The average Bonchev–Trinajstić information content (AvgIpc) is 2.23. The highest BCUT2D eigenvalue weighted by Crippen LogP contribution is 2.36. The Morgan fingerprint density at radius 3 is 2.67 bits per heavy atom. The molecule has 1 fully saturated rings. The Morgan fingerprint density at radius 1 is 1.44 bits per heavy atom. The van der Waals surface area contributed by atoms with Crippen LogP contribution in [-0.2, 0) is 6.18 Å². The summed E-state index contributed by atoms with van der Waals surface area (Å²) in [6, 6.07) is 1.03. The maximum Gasteiger partial charge on any atom is 0.419 e. The first-order valence-electron chi connectivity index (χ1n) is 5.47. The summed E-state index contributed by atoms with van der Waals surface area (Å²) in [5, 5.41) is 2.92. The molecule has 1 heterocycles. The zero-order valence-corrected chi connectivity index (χ0v) is 11.6. The van der Waals surface area contributed by atoms with E-state index in [1.807, 2.05) is 0 Å². The topological polar surface area (TPSA) is 24.9 Å². The molecule has 1 saturated carbocycles. The van der Waals surface area contributed by atoms with Crippen molar-refractivity contribution in [1.29, 1.82) is 0 Å². The van der Waals surface area contributed by atoms with Crippen molar-refractivity contribution >= 4 is 33.3 Å². The predicted molar refractivity (Wildman–Crippen MR) is 67.8 cm³/mol. The molecule has 0 atom stereocenters. The number of nitrogens with one attached hydrogen (secondary N) is 1. The van der Waals surface area contributed by atoms with E-state index in [0.717, 1.165) is 18.9 Å². The largest absolute Gasteiger partial charge is 0.419 e. The van der Waals surface area contributed by atoms with Crippen molar-refractivity contribution in [3.63, 3.8) is 0 Å². The van der Waals surface area contributed by atoms with Gasteiger partial charge in [-0.05, 0) is 40.8 Å². The first-order chi connectivity index (χ1) is 8.36. The van der Waals surface area contributed by atoms with Crippen molar-refractivity contribution in [2.45, 2.75) is 24.4 Å². The molecule has 100 valence electrons. The van der Waals surface area contributed by atoms with Crippen LogP contribution in [0.2, 0.25) is 0 Å². The molecule has 1 aromatic heterocycles. The minimum absolute atomic E-state index is 0.122. The molecule has 1 N–H and O–H groups in total. The molecule has 0 aliphatic heterocycles. The Bertz CT molecular complexity index is 433. The number of hydrogen-bond acceptors (Lipinski definition) is 2. The maximum atomic E-state index is 12.8. The summed E-state index contributed by atoms with van der Waals surface area (Å²) in [5.41, 5.74) is -0.751. The SMILES string of the molecule is FC(F)(F)c1cc(Br)cnc1NCC1CC(Cl)C1. The lowest BCUT2D eigenvalue weighted by Gasteiger charge is -2.31. The van der Waals surface area contributed by atoms with Gasteiger partial charge in [0.2, 0.25) is 0 Å². The van der Waals surface area contributed by atoms with Crippen molar-refractivity contribution in [3.05, 3.63) is 22.3 Å². The number of rotatable bonds is 3. The van der Waals surface area contributed by atoms with E-state index in [0.29, 0.717) is 16.9 Å². The van der Waals surface area contributed by atoms with E-state index in [-0.39, 0.29) is 11.2 Å². The van der Waals surface area contributed by atoms with Gasteiger partial charge in [-0.1, -0.05) is 0 Å². The maximum absolute atomic E-state index is 12.8. The van der Waals surface area contributed by atoms with Gasteiger partial charge in [0.15, 0.2) is 0 Å². The van der Waals surface area contributed by atoms with Crippen LogP contribution in [0, 0.1) is 5.92 Å². The van der Waals surface area contributed by atoms with Gasteiger partial charge in [-0.15, -0.1) is 11.6 Å². The molecule has 0 amide bonds. The van der Waals surface area contributed by atoms with Crippen molar-refractivity contribution in [3.8, 4) is 0 Å². The van der Waals surface area contributed by atoms with E-state index in [1.54, 1.807) is 0 Å². The number of alkyl halides is 4. The molecule has 1 aromatic rings. The van der Waals surface area contributed by atoms with Gasteiger partial charge in [0, 0.05) is 22.6 Å². The van der Waals surface area contributed by atoms with Crippen LogP contribution in [0.25, 0.3) is 0 Å². The summed E-state index contributed by atoms with van der Waals surface area (Å²) in [7, 11) is 0. The van der Waals surface area contributed by atoms with Gasteiger partial charge in [0.05, 0.1) is 5.56 Å². The first-order valence-corrected chi connectivity index (χ1v) is 6.70. The van der Waals surface area contributed by atoms with Crippen molar-refractivity contribution in [2.75, 3.05) is 11.9 Å². The minimum atomic E-state index is -4.41. The van der Waals surface area contributed by atoms with Gasteiger partial charge in [0.25, 0.3) is 0 Å². The smallest absolute Gasteiger partial charge is 0.369 e. The second-order valence-corrected chi connectivity index (χ2v) is 5.90. The quantitative estimate of drug-likeness (QED) is 0.828.